The van der Waals surface area contributed by atoms with Crippen molar-refractivity contribution >= 4 is 23.9 Å². The van der Waals surface area contributed by atoms with Crippen LogP contribution in [-0.2, 0) is 38.1 Å². The van der Waals surface area contributed by atoms with Gasteiger partial charge in [0.1, 0.15) is 0 Å². The van der Waals surface area contributed by atoms with Crippen LogP contribution in [0.5, 0.6) is 0 Å². The molecule has 0 aromatic rings. The number of rotatable bonds is 10. The highest BCUT2D eigenvalue weighted by Gasteiger charge is 2.30. The first-order valence-corrected chi connectivity index (χ1v) is 8.54. The van der Waals surface area contributed by atoms with E-state index in [9.17, 15) is 19.2 Å². The van der Waals surface area contributed by atoms with Crippen molar-refractivity contribution in [2.45, 2.75) is 40.5 Å². The van der Waals surface area contributed by atoms with Crippen molar-refractivity contribution in [2.75, 3.05) is 26.4 Å². The van der Waals surface area contributed by atoms with Crippen molar-refractivity contribution in [3.63, 3.8) is 0 Å². The normalized spacial score (nSPS) is 9.92. The quantitative estimate of drug-likeness (QED) is 0.245. The van der Waals surface area contributed by atoms with Crippen LogP contribution in [0.1, 0.15) is 40.5 Å². The van der Waals surface area contributed by atoms with E-state index in [1.807, 2.05) is 0 Å². The van der Waals surface area contributed by atoms with Gasteiger partial charge in [-0.1, -0.05) is 0 Å². The fraction of sp³-hybridized carbons (Fsp3) is 0.667. The molecule has 0 heterocycles. The van der Waals surface area contributed by atoms with Gasteiger partial charge in [0.05, 0.1) is 26.4 Å². The second-order valence-electron chi connectivity index (χ2n) is 4.88. The minimum absolute atomic E-state index is 0.121. The Labute approximate surface area is 153 Å². The minimum Gasteiger partial charge on any atom is -0.465 e. The van der Waals surface area contributed by atoms with Crippen molar-refractivity contribution < 1.29 is 38.1 Å². The number of hydrogen-bond donors (Lipinski definition) is 0. The van der Waals surface area contributed by atoms with E-state index in [0.29, 0.717) is 0 Å². The lowest BCUT2D eigenvalue weighted by Crippen LogP contribution is -2.28. The molecule has 0 aromatic carbocycles. The van der Waals surface area contributed by atoms with Gasteiger partial charge in [-0.05, 0) is 27.7 Å². The highest BCUT2D eigenvalue weighted by molar-refractivity contribution is 5.96. The van der Waals surface area contributed by atoms with E-state index < -0.39 is 35.7 Å². The molecule has 8 nitrogen and oxygen atoms in total. The topological polar surface area (TPSA) is 105 Å². The molecule has 0 N–H and O–H groups in total. The van der Waals surface area contributed by atoms with Gasteiger partial charge in [-0.25, -0.2) is 0 Å². The molecule has 0 atom stereocenters. The second-order valence-corrected chi connectivity index (χ2v) is 4.88. The monoisotopic (exact) mass is 370 g/mol. The van der Waals surface area contributed by atoms with Crippen LogP contribution in [0.2, 0.25) is 0 Å². The Kier molecular flexibility index (Phi) is 12.4. The number of esters is 4. The molecule has 0 fully saturated rings. The second kappa shape index (κ2) is 13.7. The molecule has 0 unspecified atom stereocenters. The van der Waals surface area contributed by atoms with E-state index in [4.69, 9.17) is 18.9 Å². The minimum atomic E-state index is -1.17. The third kappa shape index (κ3) is 8.51. The van der Waals surface area contributed by atoms with Crippen molar-refractivity contribution in [1.82, 2.24) is 0 Å². The molecule has 0 aliphatic rings. The predicted molar refractivity (Wildman–Crippen MR) is 90.5 cm³/mol. The van der Waals surface area contributed by atoms with Crippen molar-refractivity contribution in [1.29, 1.82) is 0 Å². The number of carbonyl (C=O) groups is 4. The van der Waals surface area contributed by atoms with E-state index in [0.717, 1.165) is 0 Å². The summed E-state index contributed by atoms with van der Waals surface area (Å²) in [6.07, 6.45) is -0.286. The molecule has 0 aliphatic carbocycles. The van der Waals surface area contributed by atoms with Crippen LogP contribution in [0.4, 0.5) is 0 Å². The average Bonchev–Trinajstić information content (AvgIpc) is 2.58. The van der Waals surface area contributed by atoms with Gasteiger partial charge < -0.3 is 18.9 Å². The molecule has 0 aromatic heterocycles. The Bertz CT molecular complexity index is 461. The summed E-state index contributed by atoms with van der Waals surface area (Å²) in [5.41, 5.74) is 0. The molecule has 146 valence electrons. The average molecular weight is 370 g/mol. The molecular formula is C18H26O8. The first-order valence-electron chi connectivity index (χ1n) is 8.54. The Hall–Kier alpha value is -2.56. The number of hydrogen-bond acceptors (Lipinski definition) is 8. The summed E-state index contributed by atoms with van der Waals surface area (Å²) in [6.45, 7) is 6.96. The Morgan fingerprint density at radius 3 is 1.00 bits per heavy atom. The molecular weight excluding hydrogens is 344 g/mol. The van der Waals surface area contributed by atoms with Crippen LogP contribution < -0.4 is 0 Å². The third-order valence-corrected chi connectivity index (χ3v) is 3.02. The molecule has 0 amide bonds. The molecule has 0 aliphatic heterocycles. The molecule has 0 radical (unpaired) electrons. The lowest BCUT2D eigenvalue weighted by molar-refractivity contribution is -0.163. The lowest BCUT2D eigenvalue weighted by atomic mass is 10.0. The fourth-order valence-corrected chi connectivity index (χ4v) is 1.85. The van der Waals surface area contributed by atoms with Crippen LogP contribution in [0, 0.1) is 23.7 Å². The molecule has 26 heavy (non-hydrogen) atoms. The first kappa shape index (κ1) is 23.4. The van der Waals surface area contributed by atoms with Gasteiger partial charge >= 0.3 is 23.9 Å². The van der Waals surface area contributed by atoms with Gasteiger partial charge in [0, 0.05) is 12.8 Å². The number of ether oxygens (including phenoxy) is 4. The first-order chi connectivity index (χ1) is 12.4. The lowest BCUT2D eigenvalue weighted by Gasteiger charge is -2.12. The summed E-state index contributed by atoms with van der Waals surface area (Å²) in [4.78, 5) is 47.3. The third-order valence-electron chi connectivity index (χ3n) is 3.02. The van der Waals surface area contributed by atoms with Crippen LogP contribution >= 0.6 is 0 Å². The number of carbonyl (C=O) groups excluding carboxylic acids is 4. The molecule has 0 spiro atoms. The summed E-state index contributed by atoms with van der Waals surface area (Å²) in [6, 6.07) is 0. The largest absolute Gasteiger partial charge is 0.465 e. The molecule has 0 saturated carbocycles. The van der Waals surface area contributed by atoms with Crippen LogP contribution in [-0.4, -0.2) is 50.3 Å². The molecule has 8 heteroatoms. The Morgan fingerprint density at radius 1 is 0.577 bits per heavy atom. The summed E-state index contributed by atoms with van der Waals surface area (Å²) < 4.78 is 19.3. The van der Waals surface area contributed by atoms with Crippen molar-refractivity contribution in [3.8, 4) is 11.8 Å². The van der Waals surface area contributed by atoms with Crippen LogP contribution in [0.3, 0.4) is 0 Å². The highest BCUT2D eigenvalue weighted by atomic mass is 16.6. The highest BCUT2D eigenvalue weighted by Crippen LogP contribution is 2.11. The van der Waals surface area contributed by atoms with E-state index in [1.165, 1.54) is 0 Å². The predicted octanol–water partition coefficient (Wildman–Crippen LogP) is 1.25. The van der Waals surface area contributed by atoms with E-state index in [2.05, 4.69) is 11.8 Å². The van der Waals surface area contributed by atoms with Crippen LogP contribution in [0.25, 0.3) is 0 Å². The summed E-state index contributed by atoms with van der Waals surface area (Å²) in [5, 5.41) is 0. The van der Waals surface area contributed by atoms with Crippen LogP contribution in [0.15, 0.2) is 0 Å². The Balaban J connectivity index is 5.02. The fourth-order valence-electron chi connectivity index (χ4n) is 1.85. The van der Waals surface area contributed by atoms with E-state index in [1.54, 1.807) is 27.7 Å². The zero-order valence-electron chi connectivity index (χ0n) is 15.7. The smallest absolute Gasteiger partial charge is 0.321 e. The maximum atomic E-state index is 11.8. The zero-order chi connectivity index (χ0) is 19.9. The molecule has 0 saturated heterocycles. The maximum absolute atomic E-state index is 11.8. The van der Waals surface area contributed by atoms with Gasteiger partial charge in [-0.3, -0.25) is 19.2 Å². The van der Waals surface area contributed by atoms with Gasteiger partial charge in [0.15, 0.2) is 11.8 Å². The standard InChI is InChI=1S/C18H26O8/c1-5-23-15(19)13(16(20)24-6-2)11-9-10-12-14(17(21)25-7-3)18(22)26-8-4/h13-14H,5-8,11-12H2,1-4H3. The Morgan fingerprint density at radius 2 is 0.808 bits per heavy atom. The SMILES string of the molecule is CCOC(=O)C(CC#CCC(C(=O)OCC)C(=O)OCC)C(=O)OCC. The summed E-state index contributed by atoms with van der Waals surface area (Å²) in [7, 11) is 0. The van der Waals surface area contributed by atoms with Crippen molar-refractivity contribution in [3.05, 3.63) is 0 Å². The van der Waals surface area contributed by atoms with Gasteiger partial charge in [0.2, 0.25) is 0 Å². The van der Waals surface area contributed by atoms with E-state index in [-0.39, 0.29) is 39.3 Å². The molecule has 0 rings (SSSR count). The maximum Gasteiger partial charge on any atom is 0.321 e. The van der Waals surface area contributed by atoms with Gasteiger partial charge in [-0.15, -0.1) is 11.8 Å². The van der Waals surface area contributed by atoms with E-state index >= 15 is 0 Å². The van der Waals surface area contributed by atoms with Gasteiger partial charge in [0.25, 0.3) is 0 Å². The van der Waals surface area contributed by atoms with Crippen molar-refractivity contribution in [2.24, 2.45) is 11.8 Å². The van der Waals surface area contributed by atoms with Gasteiger partial charge in [-0.2, -0.15) is 0 Å². The molecule has 0 bridgehead atoms. The summed E-state index contributed by atoms with van der Waals surface area (Å²) >= 11 is 0. The summed E-state index contributed by atoms with van der Waals surface area (Å²) in [5.74, 6) is -0.0236. The zero-order valence-corrected chi connectivity index (χ0v) is 15.7.